The maximum atomic E-state index is 11.2. The minimum Gasteiger partial charge on any atom is -0.480 e. The molecule has 0 spiro atoms. The Labute approximate surface area is 111 Å². The van der Waals surface area contributed by atoms with E-state index in [0.29, 0.717) is 12.2 Å². The van der Waals surface area contributed by atoms with Crippen molar-refractivity contribution in [3.63, 3.8) is 0 Å². The van der Waals surface area contributed by atoms with Crippen molar-refractivity contribution in [2.75, 3.05) is 23.3 Å². The van der Waals surface area contributed by atoms with Crippen LogP contribution < -0.4 is 10.2 Å². The van der Waals surface area contributed by atoms with Gasteiger partial charge in [-0.1, -0.05) is 0 Å². The third-order valence-corrected chi connectivity index (χ3v) is 3.75. The van der Waals surface area contributed by atoms with Crippen molar-refractivity contribution in [1.29, 1.82) is 0 Å². The second-order valence-corrected chi connectivity index (χ2v) is 5.28. The van der Waals surface area contributed by atoms with Gasteiger partial charge in [-0.3, -0.25) is 0 Å². The highest BCUT2D eigenvalue weighted by molar-refractivity contribution is 5.78. The number of hydrogen-bond donors (Lipinski definition) is 2. The van der Waals surface area contributed by atoms with E-state index in [0.717, 1.165) is 31.2 Å². The van der Waals surface area contributed by atoms with Crippen molar-refractivity contribution < 1.29 is 9.90 Å². The molecule has 0 aromatic carbocycles. The Hall–Kier alpha value is -1.85. The topological polar surface area (TPSA) is 78.4 Å². The molecule has 6 nitrogen and oxygen atoms in total. The number of carboxylic acid groups (broad SMARTS) is 1. The van der Waals surface area contributed by atoms with Crippen molar-refractivity contribution in [3.8, 4) is 0 Å². The van der Waals surface area contributed by atoms with Crippen LogP contribution in [0.3, 0.4) is 0 Å². The Balaban J connectivity index is 1.72. The zero-order valence-electron chi connectivity index (χ0n) is 10.7. The standard InChI is InChI=1S/C13H18N4O2/c18-13(19)10-2-1-5-17(10)12-6-11(15-8-16-12)14-7-9-3-4-9/h6,8-10H,1-5,7H2,(H,18,19)(H,14,15,16). The molecule has 1 saturated carbocycles. The molecule has 6 heteroatoms. The van der Waals surface area contributed by atoms with Gasteiger partial charge in [-0.05, 0) is 31.6 Å². The second-order valence-electron chi connectivity index (χ2n) is 5.28. The molecule has 1 atom stereocenters. The van der Waals surface area contributed by atoms with Gasteiger partial charge in [-0.25, -0.2) is 14.8 Å². The molecule has 0 amide bonds. The third kappa shape index (κ3) is 2.77. The largest absolute Gasteiger partial charge is 0.480 e. The number of aromatic nitrogens is 2. The number of nitrogens with zero attached hydrogens (tertiary/aromatic N) is 3. The first-order chi connectivity index (χ1) is 9.24. The molecule has 0 radical (unpaired) electrons. The molecular weight excluding hydrogens is 244 g/mol. The quantitative estimate of drug-likeness (QED) is 0.834. The Morgan fingerprint density at radius 3 is 3.00 bits per heavy atom. The van der Waals surface area contributed by atoms with Crippen molar-refractivity contribution in [1.82, 2.24) is 9.97 Å². The molecule has 102 valence electrons. The summed E-state index contributed by atoms with van der Waals surface area (Å²) in [7, 11) is 0. The van der Waals surface area contributed by atoms with E-state index in [4.69, 9.17) is 0 Å². The van der Waals surface area contributed by atoms with E-state index < -0.39 is 12.0 Å². The number of carboxylic acids is 1. The van der Waals surface area contributed by atoms with Crippen molar-refractivity contribution in [3.05, 3.63) is 12.4 Å². The lowest BCUT2D eigenvalue weighted by Crippen LogP contribution is -2.36. The molecule has 2 heterocycles. The van der Waals surface area contributed by atoms with Gasteiger partial charge < -0.3 is 15.3 Å². The fraction of sp³-hybridized carbons (Fsp3) is 0.615. The smallest absolute Gasteiger partial charge is 0.326 e. The SMILES string of the molecule is O=C(O)C1CCCN1c1cc(NCC2CC2)ncn1. The van der Waals surface area contributed by atoms with Crippen LogP contribution in [-0.4, -0.2) is 40.2 Å². The third-order valence-electron chi connectivity index (χ3n) is 3.75. The van der Waals surface area contributed by atoms with Crippen molar-refractivity contribution in [2.24, 2.45) is 5.92 Å². The molecule has 3 rings (SSSR count). The maximum absolute atomic E-state index is 11.2. The van der Waals surface area contributed by atoms with Crippen molar-refractivity contribution >= 4 is 17.6 Å². The normalized spacial score (nSPS) is 22.5. The Bertz CT molecular complexity index is 475. The first-order valence-electron chi connectivity index (χ1n) is 6.79. The van der Waals surface area contributed by atoms with E-state index in [1.165, 1.54) is 19.2 Å². The molecule has 1 aromatic rings. The van der Waals surface area contributed by atoms with Crippen LogP contribution in [0.15, 0.2) is 12.4 Å². The molecule has 0 bridgehead atoms. The average Bonchev–Trinajstić information content (AvgIpc) is 3.10. The van der Waals surface area contributed by atoms with E-state index in [1.807, 2.05) is 11.0 Å². The summed E-state index contributed by atoms with van der Waals surface area (Å²) in [6.45, 7) is 1.69. The number of aliphatic carboxylic acids is 1. The van der Waals surface area contributed by atoms with Gasteiger partial charge in [0.05, 0.1) is 0 Å². The van der Waals surface area contributed by atoms with Gasteiger partial charge in [0.15, 0.2) is 0 Å². The summed E-state index contributed by atoms with van der Waals surface area (Å²) in [6.07, 6.45) is 5.66. The lowest BCUT2D eigenvalue weighted by Gasteiger charge is -2.22. The fourth-order valence-electron chi connectivity index (χ4n) is 2.47. The fourth-order valence-corrected chi connectivity index (χ4v) is 2.47. The summed E-state index contributed by atoms with van der Waals surface area (Å²) in [6, 6.07) is 1.40. The van der Waals surface area contributed by atoms with E-state index in [1.54, 1.807) is 0 Å². The van der Waals surface area contributed by atoms with Crippen LogP contribution in [0.4, 0.5) is 11.6 Å². The molecule has 1 unspecified atom stereocenters. The zero-order valence-corrected chi connectivity index (χ0v) is 10.7. The summed E-state index contributed by atoms with van der Waals surface area (Å²) >= 11 is 0. The summed E-state index contributed by atoms with van der Waals surface area (Å²) in [4.78, 5) is 21.4. The van der Waals surface area contributed by atoms with Gasteiger partial charge in [0.25, 0.3) is 0 Å². The molecule has 19 heavy (non-hydrogen) atoms. The molecular formula is C13H18N4O2. The molecule has 2 fully saturated rings. The van der Waals surface area contributed by atoms with E-state index in [-0.39, 0.29) is 0 Å². The number of nitrogens with one attached hydrogen (secondary N) is 1. The van der Waals surface area contributed by atoms with Gasteiger partial charge in [-0.15, -0.1) is 0 Å². The average molecular weight is 262 g/mol. The zero-order chi connectivity index (χ0) is 13.2. The summed E-state index contributed by atoms with van der Waals surface area (Å²) < 4.78 is 0. The van der Waals surface area contributed by atoms with Gasteiger partial charge >= 0.3 is 5.97 Å². The monoisotopic (exact) mass is 262 g/mol. The molecule has 1 aromatic heterocycles. The summed E-state index contributed by atoms with van der Waals surface area (Å²) in [5.74, 6) is 1.49. The molecule has 2 N–H and O–H groups in total. The first kappa shape index (κ1) is 12.2. The van der Waals surface area contributed by atoms with E-state index >= 15 is 0 Å². The van der Waals surface area contributed by atoms with Gasteiger partial charge in [0.1, 0.15) is 24.0 Å². The Morgan fingerprint density at radius 2 is 2.26 bits per heavy atom. The van der Waals surface area contributed by atoms with Crippen LogP contribution in [0.2, 0.25) is 0 Å². The highest BCUT2D eigenvalue weighted by Gasteiger charge is 2.31. The number of carbonyl (C=O) groups is 1. The highest BCUT2D eigenvalue weighted by atomic mass is 16.4. The summed E-state index contributed by atoms with van der Waals surface area (Å²) in [5, 5.41) is 12.5. The Kier molecular flexibility index (Phi) is 3.23. The van der Waals surface area contributed by atoms with Crippen LogP contribution in [0.1, 0.15) is 25.7 Å². The minimum absolute atomic E-state index is 0.453. The van der Waals surface area contributed by atoms with Crippen LogP contribution in [0.5, 0.6) is 0 Å². The molecule has 1 saturated heterocycles. The second kappa shape index (κ2) is 5.03. The van der Waals surface area contributed by atoms with Crippen LogP contribution in [-0.2, 0) is 4.79 Å². The number of hydrogen-bond acceptors (Lipinski definition) is 5. The van der Waals surface area contributed by atoms with Gasteiger partial charge in [-0.2, -0.15) is 0 Å². The molecule has 1 aliphatic heterocycles. The van der Waals surface area contributed by atoms with Crippen LogP contribution >= 0.6 is 0 Å². The van der Waals surface area contributed by atoms with Crippen molar-refractivity contribution in [2.45, 2.75) is 31.7 Å². The van der Waals surface area contributed by atoms with Gasteiger partial charge in [0, 0.05) is 19.2 Å². The number of rotatable bonds is 5. The first-order valence-corrected chi connectivity index (χ1v) is 6.79. The lowest BCUT2D eigenvalue weighted by molar-refractivity contribution is -0.138. The molecule has 1 aliphatic carbocycles. The minimum atomic E-state index is -0.774. The maximum Gasteiger partial charge on any atom is 0.326 e. The summed E-state index contributed by atoms with van der Waals surface area (Å²) in [5.41, 5.74) is 0. The highest BCUT2D eigenvalue weighted by Crippen LogP contribution is 2.29. The van der Waals surface area contributed by atoms with Gasteiger partial charge in [0.2, 0.25) is 0 Å². The predicted molar refractivity (Wildman–Crippen MR) is 71.2 cm³/mol. The van der Waals surface area contributed by atoms with Crippen LogP contribution in [0, 0.1) is 5.92 Å². The molecule has 2 aliphatic rings. The van der Waals surface area contributed by atoms with E-state index in [2.05, 4.69) is 15.3 Å². The Morgan fingerprint density at radius 1 is 1.42 bits per heavy atom. The van der Waals surface area contributed by atoms with E-state index in [9.17, 15) is 9.90 Å². The van der Waals surface area contributed by atoms with Crippen LogP contribution in [0.25, 0.3) is 0 Å². The predicted octanol–water partition coefficient (Wildman–Crippen LogP) is 1.35. The number of anilines is 2. The lowest BCUT2D eigenvalue weighted by atomic mass is 10.2.